The molecule has 0 radical (unpaired) electrons. The largest absolute Gasteiger partial charge is 0.469 e. The van der Waals surface area contributed by atoms with Crippen molar-refractivity contribution in [3.05, 3.63) is 87.7 Å². The molecule has 1 atom stereocenters. The van der Waals surface area contributed by atoms with Gasteiger partial charge >= 0.3 is 5.97 Å². The number of aryl methyl sites for hydroxylation is 1. The fraction of sp³-hybridized carbons (Fsp3) is 0.286. The van der Waals surface area contributed by atoms with Crippen LogP contribution in [-0.2, 0) is 27.2 Å². The number of methoxy groups -OCH3 is 1. The van der Waals surface area contributed by atoms with E-state index in [1.807, 2.05) is 30.4 Å². The molecule has 0 bridgehead atoms. The fourth-order valence-electron chi connectivity index (χ4n) is 4.15. The number of carbonyl (C=O) groups is 2. The van der Waals surface area contributed by atoms with Gasteiger partial charge in [-0.25, -0.2) is 9.97 Å². The molecule has 1 amide bonds. The van der Waals surface area contributed by atoms with E-state index in [-0.39, 0.29) is 24.2 Å². The summed E-state index contributed by atoms with van der Waals surface area (Å²) >= 11 is 12.0. The van der Waals surface area contributed by atoms with Crippen molar-refractivity contribution in [3.8, 4) is 0 Å². The van der Waals surface area contributed by atoms with Crippen LogP contribution in [0.2, 0.25) is 10.0 Å². The quantitative estimate of drug-likeness (QED) is 0.252. The second-order valence-corrected chi connectivity index (χ2v) is 9.49. The van der Waals surface area contributed by atoms with Gasteiger partial charge < -0.3 is 10.1 Å². The third-order valence-electron chi connectivity index (χ3n) is 6.00. The van der Waals surface area contributed by atoms with Crippen LogP contribution in [0.5, 0.6) is 0 Å². The first kappa shape index (κ1) is 25.9. The van der Waals surface area contributed by atoms with E-state index in [1.165, 1.54) is 7.11 Å². The van der Waals surface area contributed by atoms with Crippen LogP contribution in [0.1, 0.15) is 48.6 Å². The highest BCUT2D eigenvalue weighted by Gasteiger charge is 2.18. The van der Waals surface area contributed by atoms with Crippen molar-refractivity contribution in [1.29, 1.82) is 0 Å². The number of amides is 1. The number of benzene rings is 2. The lowest BCUT2D eigenvalue weighted by Crippen LogP contribution is -2.14. The summed E-state index contributed by atoms with van der Waals surface area (Å²) in [4.78, 5) is 34.0. The number of unbranched alkanes of at least 4 members (excludes halogenated alkanes) is 1. The van der Waals surface area contributed by atoms with Crippen molar-refractivity contribution in [2.24, 2.45) is 0 Å². The number of carbonyl (C=O) groups excluding carboxylic acids is 2. The van der Waals surface area contributed by atoms with Gasteiger partial charge in [0.25, 0.3) is 0 Å². The van der Waals surface area contributed by atoms with E-state index >= 15 is 0 Å². The Labute approximate surface area is 220 Å². The molecule has 186 valence electrons. The van der Waals surface area contributed by atoms with Crippen LogP contribution in [0.15, 0.2) is 60.7 Å². The summed E-state index contributed by atoms with van der Waals surface area (Å²) in [5.41, 5.74) is 4.77. The van der Waals surface area contributed by atoms with Gasteiger partial charge in [0.15, 0.2) is 0 Å². The normalized spacial score (nSPS) is 14.7. The number of hydrogen-bond donors (Lipinski definition) is 1. The van der Waals surface area contributed by atoms with Gasteiger partial charge in [0.2, 0.25) is 5.91 Å². The molecule has 6 nitrogen and oxygen atoms in total. The number of anilines is 1. The molecule has 1 unspecified atom stereocenters. The minimum Gasteiger partial charge on any atom is -0.469 e. The lowest BCUT2D eigenvalue weighted by molar-refractivity contribution is -0.140. The molecule has 1 N–H and O–H groups in total. The van der Waals surface area contributed by atoms with Gasteiger partial charge in [-0.15, -0.1) is 0 Å². The number of nitrogens with one attached hydrogen (secondary N) is 1. The SMILES string of the molecule is COC(=O)CCCCc1nc2cc(NC(=O)Cc3ccc(Cl)c(Cl)c3)ccc2nc1C1C=CC=CC1. The molecule has 0 aliphatic heterocycles. The summed E-state index contributed by atoms with van der Waals surface area (Å²) in [5.74, 6) is -0.214. The minimum absolute atomic E-state index is 0.160. The lowest BCUT2D eigenvalue weighted by atomic mass is 9.93. The first-order chi connectivity index (χ1) is 17.4. The van der Waals surface area contributed by atoms with Crippen LogP contribution in [0.25, 0.3) is 11.0 Å². The van der Waals surface area contributed by atoms with E-state index in [4.69, 9.17) is 37.9 Å². The molecular weight excluding hydrogens is 497 g/mol. The summed E-state index contributed by atoms with van der Waals surface area (Å²) in [6.45, 7) is 0. The number of esters is 1. The molecule has 4 rings (SSSR count). The number of hydrogen-bond acceptors (Lipinski definition) is 5. The molecular formula is C28H27Cl2N3O3. The number of aromatic nitrogens is 2. The molecule has 1 aliphatic carbocycles. The standard InChI is InChI=1S/C28H27Cl2N3O3/c1-36-27(35)10-6-5-9-24-28(19-7-3-2-4-8-19)33-23-14-12-20(17-25(23)32-24)31-26(34)16-18-11-13-21(29)22(30)15-18/h2-4,7,11-15,17,19H,5-6,8-10,16H2,1H3,(H,31,34). The van der Waals surface area contributed by atoms with Gasteiger partial charge in [0.1, 0.15) is 0 Å². The van der Waals surface area contributed by atoms with Crippen LogP contribution >= 0.6 is 23.2 Å². The van der Waals surface area contributed by atoms with Gasteiger partial charge in [-0.2, -0.15) is 0 Å². The van der Waals surface area contributed by atoms with Crippen molar-refractivity contribution in [1.82, 2.24) is 9.97 Å². The lowest BCUT2D eigenvalue weighted by Gasteiger charge is -2.17. The maximum atomic E-state index is 12.6. The Morgan fingerprint density at radius 2 is 1.89 bits per heavy atom. The molecule has 0 spiro atoms. The maximum absolute atomic E-state index is 12.6. The van der Waals surface area contributed by atoms with E-state index in [0.29, 0.717) is 34.1 Å². The Balaban J connectivity index is 1.53. The summed E-state index contributed by atoms with van der Waals surface area (Å²) in [7, 11) is 1.40. The Morgan fingerprint density at radius 3 is 2.64 bits per heavy atom. The van der Waals surface area contributed by atoms with Gasteiger partial charge in [-0.3, -0.25) is 9.59 Å². The molecule has 2 aromatic carbocycles. The number of halogens is 2. The van der Waals surface area contributed by atoms with Crippen LogP contribution in [0.3, 0.4) is 0 Å². The van der Waals surface area contributed by atoms with E-state index in [1.54, 1.807) is 18.2 Å². The van der Waals surface area contributed by atoms with Crippen molar-refractivity contribution in [3.63, 3.8) is 0 Å². The van der Waals surface area contributed by atoms with Crippen molar-refractivity contribution < 1.29 is 14.3 Å². The summed E-state index contributed by atoms with van der Waals surface area (Å²) < 4.78 is 4.74. The highest BCUT2D eigenvalue weighted by molar-refractivity contribution is 6.42. The van der Waals surface area contributed by atoms with Gasteiger partial charge in [-0.1, -0.05) is 53.6 Å². The first-order valence-corrected chi connectivity index (χ1v) is 12.6. The Morgan fingerprint density at radius 1 is 1.03 bits per heavy atom. The van der Waals surface area contributed by atoms with Crippen molar-refractivity contribution >= 4 is 51.8 Å². The van der Waals surface area contributed by atoms with Gasteiger partial charge in [0.05, 0.1) is 46.0 Å². The molecule has 0 saturated carbocycles. The van der Waals surface area contributed by atoms with E-state index in [9.17, 15) is 9.59 Å². The third-order valence-corrected chi connectivity index (χ3v) is 6.74. The second-order valence-electron chi connectivity index (χ2n) is 8.67. The Kier molecular flexibility index (Phi) is 8.73. The summed E-state index contributed by atoms with van der Waals surface area (Å²) in [5, 5.41) is 3.80. The predicted molar refractivity (Wildman–Crippen MR) is 144 cm³/mol. The molecule has 1 aliphatic rings. The zero-order valence-electron chi connectivity index (χ0n) is 20.0. The predicted octanol–water partition coefficient (Wildman–Crippen LogP) is 6.60. The Hall–Kier alpha value is -3.22. The number of ether oxygens (including phenoxy) is 1. The Bertz CT molecular complexity index is 1340. The van der Waals surface area contributed by atoms with Gasteiger partial charge in [-0.05, 0) is 61.6 Å². The number of allylic oxidation sites excluding steroid dienone is 4. The second kappa shape index (κ2) is 12.2. The monoisotopic (exact) mass is 523 g/mol. The third kappa shape index (κ3) is 6.71. The van der Waals surface area contributed by atoms with Gasteiger partial charge in [0, 0.05) is 18.0 Å². The highest BCUT2D eigenvalue weighted by atomic mass is 35.5. The smallest absolute Gasteiger partial charge is 0.305 e. The van der Waals surface area contributed by atoms with E-state index in [0.717, 1.165) is 41.7 Å². The molecule has 3 aromatic rings. The number of fused-ring (bicyclic) bond motifs is 1. The molecule has 1 aromatic heterocycles. The number of nitrogens with zero attached hydrogens (tertiary/aromatic N) is 2. The summed E-state index contributed by atoms with van der Waals surface area (Å²) in [6.07, 6.45) is 12.0. The topological polar surface area (TPSA) is 81.2 Å². The van der Waals surface area contributed by atoms with Crippen LogP contribution in [0, 0.1) is 0 Å². The molecule has 1 heterocycles. The fourth-order valence-corrected chi connectivity index (χ4v) is 4.47. The average molecular weight is 524 g/mol. The molecule has 0 fully saturated rings. The summed E-state index contributed by atoms with van der Waals surface area (Å²) in [6, 6.07) is 10.7. The van der Waals surface area contributed by atoms with Crippen molar-refractivity contribution in [2.45, 2.75) is 44.4 Å². The highest BCUT2D eigenvalue weighted by Crippen LogP contribution is 2.29. The molecule has 8 heteroatoms. The van der Waals surface area contributed by atoms with E-state index in [2.05, 4.69) is 17.5 Å². The maximum Gasteiger partial charge on any atom is 0.305 e. The number of rotatable bonds is 9. The zero-order chi connectivity index (χ0) is 25.5. The molecule has 0 saturated heterocycles. The van der Waals surface area contributed by atoms with Crippen LogP contribution in [0.4, 0.5) is 5.69 Å². The minimum atomic E-state index is -0.207. The van der Waals surface area contributed by atoms with Crippen molar-refractivity contribution in [2.75, 3.05) is 12.4 Å². The zero-order valence-corrected chi connectivity index (χ0v) is 21.5. The van der Waals surface area contributed by atoms with Crippen LogP contribution < -0.4 is 5.32 Å². The van der Waals surface area contributed by atoms with E-state index < -0.39 is 0 Å². The first-order valence-electron chi connectivity index (χ1n) is 11.9. The molecule has 36 heavy (non-hydrogen) atoms. The average Bonchev–Trinajstić information content (AvgIpc) is 2.88. The van der Waals surface area contributed by atoms with Crippen LogP contribution in [-0.4, -0.2) is 29.0 Å².